The Balaban J connectivity index is 0.00000242. The summed E-state index contributed by atoms with van der Waals surface area (Å²) in [4.78, 5) is 12.2. The summed E-state index contributed by atoms with van der Waals surface area (Å²) in [5, 5.41) is 6.24. The molecule has 0 spiro atoms. The van der Waals surface area contributed by atoms with Crippen molar-refractivity contribution in [3.05, 3.63) is 29.3 Å². The zero-order chi connectivity index (χ0) is 15.4. The van der Waals surface area contributed by atoms with Crippen molar-refractivity contribution >= 4 is 18.3 Å². The predicted octanol–water partition coefficient (Wildman–Crippen LogP) is 2.68. The number of carbonyl (C=O) groups is 1. The molecule has 1 atom stereocenters. The molecule has 4 nitrogen and oxygen atoms in total. The van der Waals surface area contributed by atoms with Crippen LogP contribution in [0, 0.1) is 18.8 Å². The number of ether oxygens (including phenoxy) is 1. The topological polar surface area (TPSA) is 50.4 Å². The third-order valence-corrected chi connectivity index (χ3v) is 3.97. The van der Waals surface area contributed by atoms with Crippen molar-refractivity contribution in [3.8, 4) is 5.75 Å². The fraction of sp³-hybridized carbons (Fsp3) is 0.588. The van der Waals surface area contributed by atoms with E-state index in [1.54, 1.807) is 0 Å². The van der Waals surface area contributed by atoms with E-state index in [9.17, 15) is 4.79 Å². The summed E-state index contributed by atoms with van der Waals surface area (Å²) in [6.45, 7) is 10.5. The minimum absolute atomic E-state index is 0. The van der Waals surface area contributed by atoms with Crippen molar-refractivity contribution in [3.63, 3.8) is 0 Å². The summed E-state index contributed by atoms with van der Waals surface area (Å²) >= 11 is 0. The van der Waals surface area contributed by atoms with Gasteiger partial charge in [-0.2, -0.15) is 0 Å². The molecule has 1 unspecified atom stereocenters. The molecule has 1 heterocycles. The van der Waals surface area contributed by atoms with E-state index in [0.717, 1.165) is 30.0 Å². The van der Waals surface area contributed by atoms with Gasteiger partial charge in [-0.3, -0.25) is 4.79 Å². The normalized spacial score (nSPS) is 15.7. The molecule has 1 aromatic carbocycles. The summed E-state index contributed by atoms with van der Waals surface area (Å²) in [7, 11) is 0. The number of hydrogen-bond acceptors (Lipinski definition) is 3. The summed E-state index contributed by atoms with van der Waals surface area (Å²) in [6, 6.07) is 6.11. The lowest BCUT2D eigenvalue weighted by Gasteiger charge is -2.31. The molecule has 1 saturated heterocycles. The maximum atomic E-state index is 12.2. The smallest absolute Gasteiger partial charge is 0.223 e. The monoisotopic (exact) mass is 326 g/mol. The molecular formula is C17H27ClN2O2. The molecule has 2 N–H and O–H groups in total. The maximum absolute atomic E-state index is 12.2. The molecular weight excluding hydrogens is 300 g/mol. The molecule has 22 heavy (non-hydrogen) atoms. The van der Waals surface area contributed by atoms with E-state index in [1.807, 2.05) is 45.9 Å². The van der Waals surface area contributed by atoms with E-state index in [-0.39, 0.29) is 30.3 Å². The first-order chi connectivity index (χ1) is 9.97. The zero-order valence-electron chi connectivity index (χ0n) is 13.8. The van der Waals surface area contributed by atoms with Gasteiger partial charge in [-0.15, -0.1) is 12.4 Å². The quantitative estimate of drug-likeness (QED) is 0.845. The van der Waals surface area contributed by atoms with Crippen LogP contribution in [0.15, 0.2) is 18.2 Å². The second kappa shape index (κ2) is 8.39. The molecule has 0 radical (unpaired) electrons. The SMILES string of the molecule is Cc1ccc(CNC(=O)C(C)C2CNC2)c(OC(C)C)c1.Cl. The number of aryl methyl sites for hydroxylation is 1. The van der Waals surface area contributed by atoms with Gasteiger partial charge in [0.25, 0.3) is 0 Å². The molecule has 0 aliphatic carbocycles. The first kappa shape index (κ1) is 18.8. The van der Waals surface area contributed by atoms with E-state index in [4.69, 9.17) is 4.74 Å². The van der Waals surface area contributed by atoms with Crippen LogP contribution in [0.4, 0.5) is 0 Å². The van der Waals surface area contributed by atoms with Crippen molar-refractivity contribution in [1.29, 1.82) is 0 Å². The summed E-state index contributed by atoms with van der Waals surface area (Å²) in [5.41, 5.74) is 2.19. The van der Waals surface area contributed by atoms with Crippen LogP contribution >= 0.6 is 12.4 Å². The Labute approximate surface area is 139 Å². The minimum atomic E-state index is 0. The Bertz CT molecular complexity index is 501. The van der Waals surface area contributed by atoms with Gasteiger partial charge in [0.1, 0.15) is 5.75 Å². The van der Waals surface area contributed by atoms with Gasteiger partial charge >= 0.3 is 0 Å². The summed E-state index contributed by atoms with van der Waals surface area (Å²) in [6.07, 6.45) is 0.126. The largest absolute Gasteiger partial charge is 0.491 e. The van der Waals surface area contributed by atoms with E-state index in [2.05, 4.69) is 10.6 Å². The van der Waals surface area contributed by atoms with Crippen LogP contribution in [0.1, 0.15) is 31.9 Å². The second-order valence-corrected chi connectivity index (χ2v) is 6.20. The Kier molecular flexibility index (Phi) is 7.17. The van der Waals surface area contributed by atoms with E-state index < -0.39 is 0 Å². The zero-order valence-corrected chi connectivity index (χ0v) is 14.6. The van der Waals surface area contributed by atoms with Gasteiger partial charge in [-0.1, -0.05) is 19.1 Å². The van der Waals surface area contributed by atoms with Gasteiger partial charge in [-0.05, 0) is 51.4 Å². The lowest BCUT2D eigenvalue weighted by Crippen LogP contribution is -2.49. The highest BCUT2D eigenvalue weighted by Gasteiger charge is 2.28. The maximum Gasteiger partial charge on any atom is 0.223 e. The van der Waals surface area contributed by atoms with Crippen LogP contribution < -0.4 is 15.4 Å². The molecule has 1 aromatic rings. The molecule has 1 aliphatic heterocycles. The Morgan fingerprint density at radius 3 is 2.59 bits per heavy atom. The highest BCUT2D eigenvalue weighted by Crippen LogP contribution is 2.22. The Hall–Kier alpha value is -1.26. The first-order valence-corrected chi connectivity index (χ1v) is 7.72. The van der Waals surface area contributed by atoms with Crippen LogP contribution in [0.3, 0.4) is 0 Å². The molecule has 5 heteroatoms. The lowest BCUT2D eigenvalue weighted by molar-refractivity contribution is -0.126. The molecule has 1 fully saturated rings. The van der Waals surface area contributed by atoms with Crippen LogP contribution in [-0.2, 0) is 11.3 Å². The van der Waals surface area contributed by atoms with Crippen molar-refractivity contribution in [2.45, 2.75) is 40.3 Å². The first-order valence-electron chi connectivity index (χ1n) is 7.72. The van der Waals surface area contributed by atoms with Gasteiger partial charge in [0, 0.05) is 18.0 Å². The summed E-state index contributed by atoms with van der Waals surface area (Å²) in [5.74, 6) is 1.52. The molecule has 124 valence electrons. The molecule has 0 bridgehead atoms. The van der Waals surface area contributed by atoms with E-state index in [0.29, 0.717) is 12.5 Å². The minimum Gasteiger partial charge on any atom is -0.491 e. The van der Waals surface area contributed by atoms with Gasteiger partial charge in [0.2, 0.25) is 5.91 Å². The average molecular weight is 327 g/mol. The second-order valence-electron chi connectivity index (χ2n) is 6.20. The highest BCUT2D eigenvalue weighted by atomic mass is 35.5. The van der Waals surface area contributed by atoms with Crippen LogP contribution in [0.5, 0.6) is 5.75 Å². The number of hydrogen-bond donors (Lipinski definition) is 2. The number of nitrogens with one attached hydrogen (secondary N) is 2. The van der Waals surface area contributed by atoms with Crippen molar-refractivity contribution in [2.75, 3.05) is 13.1 Å². The standard InChI is InChI=1S/C17H26N2O2.ClH/c1-11(2)21-16-7-12(3)5-6-14(16)10-19-17(20)13(4)15-8-18-9-15;/h5-7,11,13,15,18H,8-10H2,1-4H3,(H,19,20);1H. The third-order valence-electron chi connectivity index (χ3n) is 3.97. The lowest BCUT2D eigenvalue weighted by atomic mass is 9.88. The number of benzene rings is 1. The number of halogens is 1. The van der Waals surface area contributed by atoms with Gasteiger partial charge in [0.05, 0.1) is 6.10 Å². The highest BCUT2D eigenvalue weighted by molar-refractivity contribution is 5.85. The Morgan fingerprint density at radius 2 is 2.05 bits per heavy atom. The van der Waals surface area contributed by atoms with Gasteiger partial charge in [0.15, 0.2) is 0 Å². The molecule has 2 rings (SSSR count). The van der Waals surface area contributed by atoms with Gasteiger partial charge < -0.3 is 15.4 Å². The van der Waals surface area contributed by atoms with Crippen molar-refractivity contribution in [2.24, 2.45) is 11.8 Å². The summed E-state index contributed by atoms with van der Waals surface area (Å²) < 4.78 is 5.84. The van der Waals surface area contributed by atoms with Crippen molar-refractivity contribution in [1.82, 2.24) is 10.6 Å². The molecule has 0 aromatic heterocycles. The van der Waals surface area contributed by atoms with E-state index >= 15 is 0 Å². The van der Waals surface area contributed by atoms with E-state index in [1.165, 1.54) is 0 Å². The van der Waals surface area contributed by atoms with Gasteiger partial charge in [-0.25, -0.2) is 0 Å². The van der Waals surface area contributed by atoms with Crippen molar-refractivity contribution < 1.29 is 9.53 Å². The fourth-order valence-corrected chi connectivity index (χ4v) is 2.39. The molecule has 1 aliphatic rings. The number of rotatable bonds is 6. The molecule has 1 amide bonds. The molecule has 0 saturated carbocycles. The third kappa shape index (κ3) is 4.89. The fourth-order valence-electron chi connectivity index (χ4n) is 2.39. The number of carbonyl (C=O) groups excluding carboxylic acids is 1. The Morgan fingerprint density at radius 1 is 1.36 bits per heavy atom. The van der Waals surface area contributed by atoms with Crippen LogP contribution in [0.2, 0.25) is 0 Å². The van der Waals surface area contributed by atoms with Crippen LogP contribution in [-0.4, -0.2) is 25.1 Å². The number of amides is 1. The van der Waals surface area contributed by atoms with Crippen LogP contribution in [0.25, 0.3) is 0 Å². The average Bonchev–Trinajstić information content (AvgIpc) is 2.34. The predicted molar refractivity (Wildman–Crippen MR) is 91.6 cm³/mol.